The van der Waals surface area contributed by atoms with Crippen LogP contribution in [-0.4, -0.2) is 37.2 Å². The first kappa shape index (κ1) is 16.3. The van der Waals surface area contributed by atoms with E-state index in [2.05, 4.69) is 27.1 Å². The molecule has 0 spiro atoms. The number of nitrogens with two attached hydrogens (primary N) is 1. The minimum atomic E-state index is 0.399. The van der Waals surface area contributed by atoms with Gasteiger partial charge in [0.2, 0.25) is 0 Å². The number of pyridine rings is 1. The van der Waals surface area contributed by atoms with Crippen LogP contribution in [-0.2, 0) is 11.3 Å². The molecule has 0 unspecified atom stereocenters. The van der Waals surface area contributed by atoms with Crippen molar-refractivity contribution in [2.24, 2.45) is 10.7 Å². The van der Waals surface area contributed by atoms with Gasteiger partial charge >= 0.3 is 0 Å². The average molecular weight is 325 g/mol. The van der Waals surface area contributed by atoms with Crippen molar-refractivity contribution in [1.29, 1.82) is 0 Å². The first-order valence-electron chi connectivity index (χ1n) is 8.12. The number of ether oxygens (including phenoxy) is 1. The highest BCUT2D eigenvalue weighted by Gasteiger charge is 2.15. The summed E-state index contributed by atoms with van der Waals surface area (Å²) in [6, 6.07) is 12.0. The summed E-state index contributed by atoms with van der Waals surface area (Å²) < 4.78 is 5.41. The Labute approximate surface area is 142 Å². The molecule has 1 aromatic carbocycles. The quantitative estimate of drug-likeness (QED) is 0.665. The van der Waals surface area contributed by atoms with Gasteiger partial charge < -0.3 is 20.7 Å². The van der Waals surface area contributed by atoms with Gasteiger partial charge in [-0.25, -0.2) is 9.98 Å². The summed E-state index contributed by atoms with van der Waals surface area (Å²) in [5.74, 6) is 1.36. The minimum Gasteiger partial charge on any atom is -0.378 e. The Bertz CT molecular complexity index is 693. The van der Waals surface area contributed by atoms with E-state index in [1.165, 1.54) is 5.56 Å². The molecule has 3 N–H and O–H groups in total. The molecule has 0 aliphatic carbocycles. The highest BCUT2D eigenvalue weighted by atomic mass is 16.5. The Morgan fingerprint density at radius 1 is 1.25 bits per heavy atom. The molecular weight excluding hydrogens is 302 g/mol. The molecule has 1 aliphatic rings. The van der Waals surface area contributed by atoms with Crippen LogP contribution in [0.5, 0.6) is 0 Å². The lowest BCUT2D eigenvalue weighted by Crippen LogP contribution is -2.37. The maximum Gasteiger partial charge on any atom is 0.193 e. The van der Waals surface area contributed by atoms with Gasteiger partial charge in [0.25, 0.3) is 0 Å². The molecule has 1 saturated heterocycles. The predicted octanol–water partition coefficient (Wildman–Crippen LogP) is 2.15. The zero-order valence-corrected chi connectivity index (χ0v) is 13.9. The molecule has 2 heterocycles. The summed E-state index contributed by atoms with van der Waals surface area (Å²) >= 11 is 0. The highest BCUT2D eigenvalue weighted by Crippen LogP contribution is 2.19. The molecule has 6 heteroatoms. The van der Waals surface area contributed by atoms with Crippen molar-refractivity contribution in [3.8, 4) is 0 Å². The topological polar surface area (TPSA) is 75.8 Å². The third kappa shape index (κ3) is 4.23. The largest absolute Gasteiger partial charge is 0.378 e. The summed E-state index contributed by atoms with van der Waals surface area (Å²) in [7, 11) is 0. The van der Waals surface area contributed by atoms with E-state index >= 15 is 0 Å². The van der Waals surface area contributed by atoms with Gasteiger partial charge in [-0.3, -0.25) is 0 Å². The van der Waals surface area contributed by atoms with Crippen LogP contribution in [0.15, 0.2) is 47.6 Å². The number of aliphatic imine (C=N–C) groups is 1. The van der Waals surface area contributed by atoms with Crippen molar-refractivity contribution < 1.29 is 4.74 Å². The molecule has 3 rings (SSSR count). The second kappa shape index (κ2) is 7.79. The number of morpholine rings is 1. The fraction of sp³-hybridized carbons (Fsp3) is 0.333. The van der Waals surface area contributed by atoms with Crippen LogP contribution in [0.25, 0.3) is 0 Å². The van der Waals surface area contributed by atoms with Gasteiger partial charge in [0.15, 0.2) is 5.96 Å². The summed E-state index contributed by atoms with van der Waals surface area (Å²) in [5.41, 5.74) is 9.21. The Hall–Kier alpha value is -2.60. The van der Waals surface area contributed by atoms with Crippen LogP contribution in [0, 0.1) is 6.92 Å². The summed E-state index contributed by atoms with van der Waals surface area (Å²) in [5, 5.41) is 3.11. The number of hydrogen-bond donors (Lipinski definition) is 2. The fourth-order valence-electron chi connectivity index (χ4n) is 2.61. The van der Waals surface area contributed by atoms with E-state index in [1.807, 2.05) is 42.6 Å². The van der Waals surface area contributed by atoms with E-state index in [4.69, 9.17) is 10.5 Å². The molecule has 24 heavy (non-hydrogen) atoms. The first-order valence-corrected chi connectivity index (χ1v) is 8.12. The fourth-order valence-corrected chi connectivity index (χ4v) is 2.61. The van der Waals surface area contributed by atoms with Crippen LogP contribution in [0.4, 0.5) is 11.5 Å². The monoisotopic (exact) mass is 325 g/mol. The Kier molecular flexibility index (Phi) is 5.28. The van der Waals surface area contributed by atoms with E-state index in [1.54, 1.807) is 0 Å². The van der Waals surface area contributed by atoms with Gasteiger partial charge in [0, 0.05) is 30.5 Å². The Morgan fingerprint density at radius 2 is 2.00 bits per heavy atom. The van der Waals surface area contributed by atoms with Crippen LogP contribution in [0.3, 0.4) is 0 Å². The van der Waals surface area contributed by atoms with Gasteiger partial charge in [-0.15, -0.1) is 0 Å². The van der Waals surface area contributed by atoms with Crippen LogP contribution in [0.2, 0.25) is 0 Å². The van der Waals surface area contributed by atoms with Crippen molar-refractivity contribution in [3.63, 3.8) is 0 Å². The average Bonchev–Trinajstić information content (AvgIpc) is 2.63. The number of guanidine groups is 1. The zero-order chi connectivity index (χ0) is 16.8. The maximum atomic E-state index is 6.01. The van der Waals surface area contributed by atoms with Crippen molar-refractivity contribution >= 4 is 17.5 Å². The number of aromatic nitrogens is 1. The lowest BCUT2D eigenvalue weighted by Gasteiger charge is -2.29. The number of benzene rings is 1. The lowest BCUT2D eigenvalue weighted by molar-refractivity contribution is 0.122. The second-order valence-electron chi connectivity index (χ2n) is 5.78. The third-order valence-corrected chi connectivity index (χ3v) is 3.92. The molecule has 0 radical (unpaired) electrons. The minimum absolute atomic E-state index is 0.399. The molecule has 6 nitrogen and oxygen atoms in total. The van der Waals surface area contributed by atoms with Crippen LogP contribution < -0.4 is 16.0 Å². The molecule has 1 fully saturated rings. The van der Waals surface area contributed by atoms with Crippen molar-refractivity contribution in [1.82, 2.24) is 4.98 Å². The van der Waals surface area contributed by atoms with Gasteiger partial charge in [-0.05, 0) is 25.1 Å². The summed E-state index contributed by atoms with van der Waals surface area (Å²) in [6.45, 7) is 5.71. The van der Waals surface area contributed by atoms with Gasteiger partial charge in [0.05, 0.1) is 19.8 Å². The number of hydrogen-bond acceptors (Lipinski definition) is 4. The van der Waals surface area contributed by atoms with Crippen molar-refractivity contribution in [2.45, 2.75) is 13.5 Å². The molecule has 0 bridgehead atoms. The summed E-state index contributed by atoms with van der Waals surface area (Å²) in [6.07, 6.45) is 1.81. The van der Waals surface area contributed by atoms with E-state index in [0.29, 0.717) is 12.5 Å². The number of nitrogens with zero attached hydrogens (tertiary/aromatic N) is 3. The van der Waals surface area contributed by atoms with Gasteiger partial charge in [-0.2, -0.15) is 0 Å². The molecule has 2 aromatic rings. The van der Waals surface area contributed by atoms with Crippen molar-refractivity contribution in [3.05, 3.63) is 53.7 Å². The SMILES string of the molecule is Cc1ccc(NC(N)=NCc2cccnc2N2CCOCC2)cc1. The second-order valence-corrected chi connectivity index (χ2v) is 5.78. The van der Waals surface area contributed by atoms with E-state index in [9.17, 15) is 0 Å². The van der Waals surface area contributed by atoms with Crippen LogP contribution >= 0.6 is 0 Å². The molecule has 126 valence electrons. The van der Waals surface area contributed by atoms with Crippen LogP contribution in [0.1, 0.15) is 11.1 Å². The number of rotatable bonds is 4. The Balaban J connectivity index is 1.68. The molecular formula is C18H23N5O. The third-order valence-electron chi connectivity index (χ3n) is 3.92. The predicted molar refractivity (Wildman–Crippen MR) is 97.4 cm³/mol. The first-order chi connectivity index (χ1) is 11.7. The maximum absolute atomic E-state index is 6.01. The lowest BCUT2D eigenvalue weighted by atomic mass is 10.2. The smallest absolute Gasteiger partial charge is 0.193 e. The highest BCUT2D eigenvalue weighted by molar-refractivity contribution is 5.92. The van der Waals surface area contributed by atoms with Gasteiger partial charge in [0.1, 0.15) is 5.82 Å². The number of anilines is 2. The molecule has 0 saturated carbocycles. The Morgan fingerprint density at radius 3 is 2.75 bits per heavy atom. The molecule has 0 atom stereocenters. The summed E-state index contributed by atoms with van der Waals surface area (Å²) in [4.78, 5) is 11.2. The normalized spacial score (nSPS) is 15.4. The van der Waals surface area contributed by atoms with E-state index < -0.39 is 0 Å². The standard InChI is InChI=1S/C18H23N5O/c1-14-4-6-16(7-5-14)22-18(19)21-13-15-3-2-8-20-17(15)23-9-11-24-12-10-23/h2-8H,9-13H2,1H3,(H3,19,21,22). The van der Waals surface area contributed by atoms with E-state index in [0.717, 1.165) is 43.4 Å². The molecule has 1 aliphatic heterocycles. The van der Waals surface area contributed by atoms with Crippen molar-refractivity contribution in [2.75, 3.05) is 36.5 Å². The van der Waals surface area contributed by atoms with Gasteiger partial charge in [-0.1, -0.05) is 23.8 Å². The number of aryl methyl sites for hydroxylation is 1. The number of nitrogens with one attached hydrogen (secondary N) is 1. The molecule has 0 amide bonds. The zero-order valence-electron chi connectivity index (χ0n) is 13.9. The molecule has 1 aromatic heterocycles. The van der Waals surface area contributed by atoms with E-state index in [-0.39, 0.29) is 0 Å².